The largest absolute Gasteiger partial charge is 0.320 e. The van der Waals surface area contributed by atoms with Crippen molar-refractivity contribution in [1.29, 1.82) is 0 Å². The van der Waals surface area contributed by atoms with Gasteiger partial charge in [-0.3, -0.25) is 4.79 Å². The smallest absolute Gasteiger partial charge is 0.256 e. The highest BCUT2D eigenvalue weighted by atomic mass is 79.9. The van der Waals surface area contributed by atoms with Crippen molar-refractivity contribution in [2.24, 2.45) is 0 Å². The molecule has 2 rings (SSSR count). The third-order valence-electron chi connectivity index (χ3n) is 3.02. The Morgan fingerprint density at radius 3 is 2.85 bits per heavy atom. The summed E-state index contributed by atoms with van der Waals surface area (Å²) < 4.78 is 24.3. The standard InChI is InChI=1S/C12H13BrClNO3S2/c1-20(17,18)10-7-19-6-5-15(10)12(16)8-3-2-4-9(13)11(8)14/h2-4,10H,5-7H2,1H3. The molecule has 0 aliphatic carbocycles. The Balaban J connectivity index is 2.38. The van der Waals surface area contributed by atoms with E-state index in [1.165, 1.54) is 16.7 Å². The Labute approximate surface area is 135 Å². The lowest BCUT2D eigenvalue weighted by molar-refractivity contribution is 0.0750. The Kier molecular flexibility index (Phi) is 5.05. The van der Waals surface area contributed by atoms with Crippen molar-refractivity contribution in [3.63, 3.8) is 0 Å². The quantitative estimate of drug-likeness (QED) is 0.768. The average molecular weight is 399 g/mol. The number of thioether (sulfide) groups is 1. The molecule has 4 nitrogen and oxygen atoms in total. The fourth-order valence-electron chi connectivity index (χ4n) is 1.99. The third-order valence-corrected chi connectivity index (χ3v) is 6.96. The molecule has 0 bridgehead atoms. The van der Waals surface area contributed by atoms with E-state index in [4.69, 9.17) is 11.6 Å². The number of amides is 1. The fraction of sp³-hybridized carbons (Fsp3) is 0.417. The van der Waals surface area contributed by atoms with Crippen molar-refractivity contribution in [2.75, 3.05) is 24.3 Å². The van der Waals surface area contributed by atoms with Gasteiger partial charge in [0.25, 0.3) is 5.91 Å². The van der Waals surface area contributed by atoms with Crippen molar-refractivity contribution < 1.29 is 13.2 Å². The third kappa shape index (κ3) is 3.32. The first-order valence-corrected chi connectivity index (χ1v) is 10.1. The van der Waals surface area contributed by atoms with Gasteiger partial charge in [-0.05, 0) is 28.1 Å². The summed E-state index contributed by atoms with van der Waals surface area (Å²) in [6, 6.07) is 5.05. The zero-order chi connectivity index (χ0) is 14.9. The van der Waals surface area contributed by atoms with Gasteiger partial charge in [0.2, 0.25) is 0 Å². The van der Waals surface area contributed by atoms with Crippen LogP contribution in [-0.4, -0.2) is 48.9 Å². The van der Waals surface area contributed by atoms with E-state index in [0.717, 1.165) is 12.0 Å². The molecule has 1 atom stereocenters. The molecule has 1 aliphatic rings. The minimum atomic E-state index is -3.32. The predicted octanol–water partition coefficient (Wildman–Crippen LogP) is 2.66. The van der Waals surface area contributed by atoms with Crippen LogP contribution < -0.4 is 0 Å². The Morgan fingerprint density at radius 2 is 2.20 bits per heavy atom. The molecule has 8 heteroatoms. The maximum absolute atomic E-state index is 12.6. The molecule has 1 aliphatic heterocycles. The molecule has 1 aromatic carbocycles. The average Bonchev–Trinajstić information content (AvgIpc) is 2.40. The summed E-state index contributed by atoms with van der Waals surface area (Å²) in [4.78, 5) is 14.0. The zero-order valence-electron chi connectivity index (χ0n) is 10.7. The van der Waals surface area contributed by atoms with Gasteiger partial charge in [-0.2, -0.15) is 11.8 Å². The molecule has 1 unspecified atom stereocenters. The van der Waals surface area contributed by atoms with Gasteiger partial charge in [0.1, 0.15) is 5.37 Å². The second kappa shape index (κ2) is 6.25. The number of benzene rings is 1. The maximum atomic E-state index is 12.6. The SMILES string of the molecule is CS(=O)(=O)C1CSCCN1C(=O)c1cccc(Br)c1Cl. The number of hydrogen-bond acceptors (Lipinski definition) is 4. The van der Waals surface area contributed by atoms with Gasteiger partial charge in [0.15, 0.2) is 9.84 Å². The number of carbonyl (C=O) groups is 1. The number of hydrogen-bond donors (Lipinski definition) is 0. The fourth-order valence-corrected chi connectivity index (χ4v) is 5.38. The molecular weight excluding hydrogens is 386 g/mol. The Bertz CT molecular complexity index is 636. The summed E-state index contributed by atoms with van der Waals surface area (Å²) in [5.74, 6) is 0.784. The van der Waals surface area contributed by atoms with E-state index in [2.05, 4.69) is 15.9 Å². The van der Waals surface area contributed by atoms with E-state index >= 15 is 0 Å². The van der Waals surface area contributed by atoms with Crippen molar-refractivity contribution in [2.45, 2.75) is 5.37 Å². The van der Waals surface area contributed by atoms with Gasteiger partial charge in [-0.25, -0.2) is 8.42 Å². The van der Waals surface area contributed by atoms with E-state index in [9.17, 15) is 13.2 Å². The summed E-state index contributed by atoms with van der Waals surface area (Å²) in [5.41, 5.74) is 0.321. The van der Waals surface area contributed by atoms with Crippen LogP contribution in [0.1, 0.15) is 10.4 Å². The number of nitrogens with zero attached hydrogens (tertiary/aromatic N) is 1. The van der Waals surface area contributed by atoms with Crippen LogP contribution in [0.3, 0.4) is 0 Å². The highest BCUT2D eigenvalue weighted by Crippen LogP contribution is 2.29. The number of sulfone groups is 1. The topological polar surface area (TPSA) is 54.5 Å². The van der Waals surface area contributed by atoms with Gasteiger partial charge in [0.05, 0.1) is 10.6 Å². The first-order valence-electron chi connectivity index (χ1n) is 5.84. The monoisotopic (exact) mass is 397 g/mol. The van der Waals surface area contributed by atoms with E-state index < -0.39 is 15.2 Å². The number of rotatable bonds is 2. The summed E-state index contributed by atoms with van der Waals surface area (Å²) in [5, 5.41) is -0.480. The number of halogens is 2. The predicted molar refractivity (Wildman–Crippen MR) is 86.1 cm³/mol. The van der Waals surface area contributed by atoms with Crippen molar-refractivity contribution in [1.82, 2.24) is 4.90 Å². The van der Waals surface area contributed by atoms with Crippen LogP contribution in [0.15, 0.2) is 22.7 Å². The highest BCUT2D eigenvalue weighted by Gasteiger charge is 2.35. The van der Waals surface area contributed by atoms with Crippen LogP contribution in [0.2, 0.25) is 5.02 Å². The Morgan fingerprint density at radius 1 is 1.50 bits per heavy atom. The summed E-state index contributed by atoms with van der Waals surface area (Å²) in [6.07, 6.45) is 1.16. The molecule has 1 amide bonds. The second-order valence-corrected chi connectivity index (χ2v) is 9.04. The minimum Gasteiger partial charge on any atom is -0.320 e. The van der Waals surface area contributed by atoms with Crippen molar-refractivity contribution >= 4 is 55.0 Å². The van der Waals surface area contributed by atoms with Crippen LogP contribution in [0.5, 0.6) is 0 Å². The first kappa shape index (κ1) is 16.1. The van der Waals surface area contributed by atoms with Crippen LogP contribution in [-0.2, 0) is 9.84 Å². The van der Waals surface area contributed by atoms with Gasteiger partial charge in [-0.15, -0.1) is 0 Å². The van der Waals surface area contributed by atoms with E-state index in [1.807, 2.05) is 0 Å². The molecule has 0 N–H and O–H groups in total. The van der Waals surface area contributed by atoms with Crippen molar-refractivity contribution in [3.05, 3.63) is 33.3 Å². The summed E-state index contributed by atoms with van der Waals surface area (Å²) >= 11 is 10.9. The van der Waals surface area contributed by atoms with Gasteiger partial charge in [-0.1, -0.05) is 17.7 Å². The molecule has 1 heterocycles. The van der Waals surface area contributed by atoms with Crippen LogP contribution in [0.25, 0.3) is 0 Å². The summed E-state index contributed by atoms with van der Waals surface area (Å²) in [7, 11) is -3.32. The molecule has 1 aromatic rings. The van der Waals surface area contributed by atoms with E-state index in [0.29, 0.717) is 27.4 Å². The minimum absolute atomic E-state index is 0.308. The highest BCUT2D eigenvalue weighted by molar-refractivity contribution is 9.10. The molecule has 110 valence electrons. The van der Waals surface area contributed by atoms with Gasteiger partial charge >= 0.3 is 0 Å². The lowest BCUT2D eigenvalue weighted by Gasteiger charge is -2.34. The zero-order valence-corrected chi connectivity index (χ0v) is 14.7. The number of carbonyl (C=O) groups excluding carboxylic acids is 1. The van der Waals surface area contributed by atoms with E-state index in [1.54, 1.807) is 18.2 Å². The molecular formula is C12H13BrClNO3S2. The molecule has 20 heavy (non-hydrogen) atoms. The van der Waals surface area contributed by atoms with Crippen LogP contribution in [0, 0.1) is 0 Å². The maximum Gasteiger partial charge on any atom is 0.256 e. The molecule has 0 radical (unpaired) electrons. The van der Waals surface area contributed by atoms with Gasteiger partial charge in [0, 0.05) is 28.8 Å². The van der Waals surface area contributed by atoms with Crippen molar-refractivity contribution in [3.8, 4) is 0 Å². The molecule has 1 saturated heterocycles. The van der Waals surface area contributed by atoms with Crippen LogP contribution in [0.4, 0.5) is 0 Å². The molecule has 0 spiro atoms. The molecule has 1 fully saturated rings. The summed E-state index contributed by atoms with van der Waals surface area (Å²) in [6.45, 7) is 0.407. The second-order valence-electron chi connectivity index (χ2n) is 4.46. The lowest BCUT2D eigenvalue weighted by atomic mass is 10.2. The Hall–Kier alpha value is -0.240. The van der Waals surface area contributed by atoms with Gasteiger partial charge < -0.3 is 4.90 Å². The lowest BCUT2D eigenvalue weighted by Crippen LogP contribution is -2.49. The first-order chi connectivity index (χ1) is 9.32. The molecule has 0 aromatic heterocycles. The molecule has 0 saturated carbocycles. The van der Waals surface area contributed by atoms with Crippen LogP contribution >= 0.6 is 39.3 Å². The normalized spacial score (nSPS) is 19.9. The van der Waals surface area contributed by atoms with E-state index in [-0.39, 0.29) is 5.91 Å².